The number of carbonyl (C=O) groups is 5. The fraction of sp³-hybridized carbons (Fsp3) is 0.363. The molecule has 7 N–H and O–H groups in total. The van der Waals surface area contributed by atoms with Crippen LogP contribution in [0.1, 0.15) is 99.7 Å². The van der Waals surface area contributed by atoms with Gasteiger partial charge in [-0.05, 0) is 65.9 Å². The van der Waals surface area contributed by atoms with Gasteiger partial charge in [0.1, 0.15) is 75.2 Å². The van der Waals surface area contributed by atoms with E-state index < -0.39 is 180 Å². The molecule has 684 valence electrons. The minimum Gasteiger partial charge on any atom is -0.445 e. The summed E-state index contributed by atoms with van der Waals surface area (Å²) in [6, 6.07) is 89.9. The Morgan fingerprint density at radius 2 is 0.870 bits per heavy atom. The Kier molecular flexibility index (Phi) is 28.4. The fourth-order valence-electron chi connectivity index (χ4n) is 19.6. The number of carbonyl (C=O) groups excluding carboxylic acids is 5. The first-order chi connectivity index (χ1) is 63.5. The summed E-state index contributed by atoms with van der Waals surface area (Å²) < 4.78 is 98.2. The van der Waals surface area contributed by atoms with Crippen molar-refractivity contribution >= 4 is 67.8 Å². The molecule has 1 saturated carbocycles. The molecular formula is C102H112N6O21Si2. The van der Waals surface area contributed by atoms with Gasteiger partial charge in [-0.1, -0.05) is 338 Å². The lowest BCUT2D eigenvalue weighted by Gasteiger charge is -2.51. The van der Waals surface area contributed by atoms with E-state index in [1.165, 1.54) is 9.80 Å². The lowest BCUT2D eigenvalue weighted by atomic mass is 9.84. The van der Waals surface area contributed by atoms with Gasteiger partial charge in [0.25, 0.3) is 16.6 Å². The van der Waals surface area contributed by atoms with Crippen molar-refractivity contribution < 1.29 is 99.9 Å². The van der Waals surface area contributed by atoms with E-state index in [0.717, 1.165) is 27.1 Å². The van der Waals surface area contributed by atoms with Gasteiger partial charge in [0, 0.05) is 29.5 Å². The zero-order chi connectivity index (χ0) is 90.8. The lowest BCUT2D eigenvalue weighted by molar-refractivity contribution is -0.321. The first-order valence-electron chi connectivity index (χ1n) is 44.8. The van der Waals surface area contributed by atoms with Crippen LogP contribution in [0.2, 0.25) is 10.1 Å². The molecule has 131 heavy (non-hydrogen) atoms. The molecule has 7 fully saturated rings. The minimum atomic E-state index is -4.16. The van der Waals surface area contributed by atoms with Gasteiger partial charge < -0.3 is 97.6 Å². The van der Waals surface area contributed by atoms with E-state index in [4.69, 9.17) is 71.7 Å². The molecule has 10 aromatic rings. The second-order valence-corrected chi connectivity index (χ2v) is 44.3. The number of nitrogens with two attached hydrogens (primary N) is 1. The number of amides is 5. The van der Waals surface area contributed by atoms with Crippen molar-refractivity contribution in [2.24, 2.45) is 11.7 Å². The highest BCUT2D eigenvalue weighted by molar-refractivity contribution is 6.99. The van der Waals surface area contributed by atoms with Gasteiger partial charge in [-0.3, -0.25) is 9.80 Å². The molecule has 0 aromatic heterocycles. The van der Waals surface area contributed by atoms with E-state index in [-0.39, 0.29) is 65.4 Å². The van der Waals surface area contributed by atoms with Crippen LogP contribution in [0, 0.1) is 5.92 Å². The predicted molar refractivity (Wildman–Crippen MR) is 489 cm³/mol. The summed E-state index contributed by atoms with van der Waals surface area (Å²) in [4.78, 5) is 91.1. The average molecular weight is 1810 g/mol. The van der Waals surface area contributed by atoms with Gasteiger partial charge in [-0.15, -0.1) is 0 Å². The largest absolute Gasteiger partial charge is 0.445 e. The summed E-state index contributed by atoms with van der Waals surface area (Å²) in [5.41, 5.74) is 11.7. The summed E-state index contributed by atoms with van der Waals surface area (Å²) in [7, 11) is -7.79. The molecule has 0 bridgehead atoms. The Bertz CT molecular complexity index is 5340. The van der Waals surface area contributed by atoms with Gasteiger partial charge in [0.05, 0.1) is 44.0 Å². The molecule has 27 nitrogen and oxygen atoms in total. The van der Waals surface area contributed by atoms with Crippen LogP contribution in [-0.4, -0.2) is 191 Å². The van der Waals surface area contributed by atoms with Crippen molar-refractivity contribution in [2.75, 3.05) is 19.7 Å². The third-order valence-electron chi connectivity index (χ3n) is 26.0. The summed E-state index contributed by atoms with van der Waals surface area (Å²) in [5, 5.41) is 24.0. The highest BCUT2D eigenvalue weighted by Crippen LogP contribution is 2.51. The van der Waals surface area contributed by atoms with E-state index in [1.807, 2.05) is 281 Å². The number of alkyl carbamates (subject to hydrolysis) is 3. The normalized spacial score (nSPS) is 27.2. The molecule has 7 aliphatic rings. The number of aliphatic hydroxyl groups excluding tert-OH is 1. The first kappa shape index (κ1) is 91.4. The van der Waals surface area contributed by atoms with Crippen molar-refractivity contribution in [3.8, 4) is 0 Å². The number of benzene rings is 10. The number of rotatable bonds is 28. The third kappa shape index (κ3) is 20.3. The number of hydrogen-bond acceptors (Lipinski definition) is 22. The molecule has 1 aliphatic carbocycles. The topological polar surface area (TPSA) is 324 Å². The van der Waals surface area contributed by atoms with E-state index >= 15 is 4.79 Å². The Morgan fingerprint density at radius 3 is 1.35 bits per heavy atom. The molecule has 0 spiro atoms. The molecule has 29 heteroatoms. The molecular weight excluding hydrogens is 1700 g/mol. The summed E-state index contributed by atoms with van der Waals surface area (Å²) >= 11 is 0. The van der Waals surface area contributed by atoms with Gasteiger partial charge in [0.15, 0.2) is 37.4 Å². The van der Waals surface area contributed by atoms with E-state index in [9.17, 15) is 29.1 Å². The van der Waals surface area contributed by atoms with E-state index in [2.05, 4.69) is 61.0 Å². The number of aliphatic hydroxyl groups is 1. The second kappa shape index (κ2) is 40.7. The van der Waals surface area contributed by atoms with E-state index in [1.54, 1.807) is 12.1 Å². The summed E-state index contributed by atoms with van der Waals surface area (Å²) in [6.45, 7) is 9.46. The zero-order valence-corrected chi connectivity index (χ0v) is 75.6. The number of nitrogens with one attached hydrogen (secondary N) is 3. The van der Waals surface area contributed by atoms with Gasteiger partial charge in [-0.25, -0.2) is 24.0 Å². The Hall–Kier alpha value is -11.5. The Labute approximate surface area is 764 Å². The number of nitrogens with zero attached hydrogens (tertiary/aromatic N) is 2. The number of ether oxygens (including phenoxy) is 13. The second-order valence-electron chi connectivity index (χ2n) is 36.1. The van der Waals surface area contributed by atoms with E-state index in [0.29, 0.717) is 27.1 Å². The van der Waals surface area contributed by atoms with Crippen LogP contribution in [0.4, 0.5) is 24.0 Å². The monoisotopic (exact) mass is 1810 g/mol. The molecule has 10 aromatic carbocycles. The SMILES string of the molecule is CC(C)(C[C@H]1[C@H](O[C@@H]2[C@H]3OC(=O)N[C@@H]3C[C@H](N)[C@H]2O[C@H]2O[C@@H]3CN(C(=O)OCc4ccccc4)C(c4ccccc4)O[C@H]3C[C@H]2NC(=O)OCc2ccccc2)O[C@H](CO[Si](c2ccccc2)(c2ccccc2)C(C)(C)C)[C@H]1O[C@H]1O[C@H]2CN(C(=O)OCc3ccccc3)C(c3ccccc3)O[C@H]2[C@H](O)[C@H]1NC(=O)OCc1ccccc1)[Si](O)(c1ccccc1)c1ccccc1. The number of fused-ring (bicyclic) bond motifs is 3. The van der Waals surface area contributed by atoms with Crippen LogP contribution in [0.15, 0.2) is 303 Å². The standard InChI is InChI=1S/C102H112N6O21Si2/c1-101(2,3)131(74-52-32-14-33-53-74,75-54-34-15-35-55-75)120-65-83-86(126-95-84(106-97(111)117-62-67-38-18-7-19-39-67)85(109)89-82(123-95)60-108(92(125-89)71-46-26-11-27-47-71)100(114)119-64-69-42-22-9-23-43-69)76(58-102(4,5)130(115,72-48-28-12-29-49-72)73-50-30-13-31-51-73)93(124-83)128-90-87(77(103)56-78-88(90)129-98(112)104-78)127-94-79(105-96(110)116-61-66-36-16-6-17-37-66)57-80-81(122-94)59-107(91(121-80)70-44-24-10-25-45-70)99(113)118-63-68-40-20-8-21-41-68/h6-55,76-95,109,115H,56-65,103H2,1-5H3,(H,104,112)(H,105,110)(H,106,111)/t76-,77+,78-,79-,80+,81-,82+,83-,84-,85-,86+,87-,88+,89-,90+,91?,92?,93+,94-,95-/m1/s1. The van der Waals surface area contributed by atoms with Crippen LogP contribution in [-0.2, 0) is 92.4 Å². The molecule has 20 atom stereocenters. The van der Waals surface area contributed by atoms with Gasteiger partial charge in [-0.2, -0.15) is 0 Å². The van der Waals surface area contributed by atoms with Crippen LogP contribution in [0.25, 0.3) is 0 Å². The van der Waals surface area contributed by atoms with Crippen molar-refractivity contribution in [1.82, 2.24) is 25.8 Å². The molecule has 6 aliphatic heterocycles. The summed E-state index contributed by atoms with van der Waals surface area (Å²) in [6.07, 6.45) is -23.3. The van der Waals surface area contributed by atoms with Crippen molar-refractivity contribution in [3.63, 3.8) is 0 Å². The Morgan fingerprint density at radius 1 is 0.458 bits per heavy atom. The van der Waals surface area contributed by atoms with Crippen molar-refractivity contribution in [1.29, 1.82) is 0 Å². The maximum Gasteiger partial charge on any atom is 0.412 e. The van der Waals surface area contributed by atoms with Crippen molar-refractivity contribution in [3.05, 3.63) is 337 Å². The minimum absolute atomic E-state index is 0.0252. The Balaban J connectivity index is 0.793. The average Bonchev–Trinajstić information content (AvgIpc) is 1.52. The zero-order valence-electron chi connectivity index (χ0n) is 73.6. The molecule has 0 radical (unpaired) electrons. The maximum absolute atomic E-state index is 15.0. The van der Waals surface area contributed by atoms with Gasteiger partial charge >= 0.3 is 30.5 Å². The van der Waals surface area contributed by atoms with Crippen LogP contribution in [0.3, 0.4) is 0 Å². The van der Waals surface area contributed by atoms with Crippen LogP contribution < -0.4 is 42.4 Å². The highest BCUT2D eigenvalue weighted by atomic mass is 28.4. The molecule has 5 amide bonds. The lowest BCUT2D eigenvalue weighted by Crippen LogP contribution is -2.70. The third-order valence-corrected chi connectivity index (χ3v) is 35.5. The number of hydrogen-bond donors (Lipinski definition) is 6. The van der Waals surface area contributed by atoms with Crippen LogP contribution >= 0.6 is 0 Å². The fourth-order valence-corrected chi connectivity index (χ4v) is 27.9. The molecule has 6 heterocycles. The quantitative estimate of drug-likeness (QED) is 0.0196. The first-order valence-corrected chi connectivity index (χ1v) is 48.6. The molecule has 6 saturated heterocycles. The predicted octanol–water partition coefficient (Wildman–Crippen LogP) is 12.5. The maximum atomic E-state index is 15.0. The smallest absolute Gasteiger partial charge is 0.412 e. The molecule has 2 unspecified atom stereocenters. The van der Waals surface area contributed by atoms with Crippen LogP contribution in [0.5, 0.6) is 0 Å². The molecule has 17 rings (SSSR count). The highest BCUT2D eigenvalue weighted by Gasteiger charge is 2.63. The van der Waals surface area contributed by atoms with Crippen molar-refractivity contribution in [2.45, 2.75) is 207 Å². The van der Waals surface area contributed by atoms with Gasteiger partial charge in [0.2, 0.25) is 0 Å². The summed E-state index contributed by atoms with van der Waals surface area (Å²) in [5.74, 6) is -1.13.